The minimum atomic E-state index is 0.0458. The van der Waals surface area contributed by atoms with Gasteiger partial charge in [-0.2, -0.15) is 0 Å². The van der Waals surface area contributed by atoms with Gasteiger partial charge in [0.25, 0.3) is 0 Å². The summed E-state index contributed by atoms with van der Waals surface area (Å²) in [6, 6.07) is 16.6. The van der Waals surface area contributed by atoms with E-state index >= 15 is 0 Å². The van der Waals surface area contributed by atoms with E-state index in [1.807, 2.05) is 24.3 Å². The molecule has 0 aliphatic heterocycles. The van der Waals surface area contributed by atoms with Gasteiger partial charge in [-0.3, -0.25) is 4.57 Å². The minimum absolute atomic E-state index is 0.0458. The SMILES string of the molecule is O=Pc1cc(C2=CC3=CC=CC4=CC=C5C=CC=C2C5C43)cc(-c2ccccc2)c1. The van der Waals surface area contributed by atoms with Gasteiger partial charge in [-0.1, -0.05) is 85.0 Å². The van der Waals surface area contributed by atoms with Gasteiger partial charge in [0.2, 0.25) is 0 Å². The lowest BCUT2D eigenvalue weighted by Crippen LogP contribution is -2.29. The number of hydrogen-bond donors (Lipinski definition) is 0. The minimum Gasteiger partial charge on any atom is -0.269 e. The second kappa shape index (κ2) is 6.90. The van der Waals surface area contributed by atoms with Crippen LogP contribution in [0.2, 0.25) is 0 Å². The maximum Gasteiger partial charge on any atom is 0.192 e. The Kier molecular flexibility index (Phi) is 4.04. The van der Waals surface area contributed by atoms with Gasteiger partial charge in [0.15, 0.2) is 8.46 Å². The highest BCUT2D eigenvalue weighted by Gasteiger charge is 2.39. The van der Waals surface area contributed by atoms with Gasteiger partial charge in [0.05, 0.1) is 0 Å². The van der Waals surface area contributed by atoms with E-state index in [1.54, 1.807) is 0 Å². The second-order valence-corrected chi connectivity index (χ2v) is 8.78. The Balaban J connectivity index is 1.57. The normalized spacial score (nSPS) is 23.1. The molecule has 0 fully saturated rings. The van der Waals surface area contributed by atoms with Crippen molar-refractivity contribution >= 4 is 19.3 Å². The van der Waals surface area contributed by atoms with Crippen LogP contribution < -0.4 is 5.30 Å². The maximum absolute atomic E-state index is 11.9. The highest BCUT2D eigenvalue weighted by atomic mass is 31.1. The topological polar surface area (TPSA) is 17.1 Å². The fourth-order valence-corrected chi connectivity index (χ4v) is 5.48. The van der Waals surface area contributed by atoms with Crippen LogP contribution in [0, 0.1) is 11.8 Å². The first kappa shape index (κ1) is 17.6. The van der Waals surface area contributed by atoms with Crippen LogP contribution in [-0.4, -0.2) is 0 Å². The Morgan fingerprint density at radius 2 is 1.40 bits per heavy atom. The molecular formula is C28H19OP. The monoisotopic (exact) mass is 402 g/mol. The molecular weight excluding hydrogens is 383 g/mol. The molecule has 2 aromatic rings. The number of hydrogen-bond acceptors (Lipinski definition) is 1. The summed E-state index contributed by atoms with van der Waals surface area (Å²) in [5.41, 5.74) is 10.1. The first-order valence-electron chi connectivity index (χ1n) is 10.3. The standard InChI is InChI=1S/C28H19OP/c29-30-24-15-22(18-6-2-1-3-7-18)14-23(16-24)26-17-21-10-4-8-19-12-13-20-9-5-11-25(26)28(20)27(19)21/h1-17,27-28H. The smallest absolute Gasteiger partial charge is 0.192 e. The molecule has 4 aliphatic carbocycles. The lowest BCUT2D eigenvalue weighted by Gasteiger charge is -2.41. The van der Waals surface area contributed by atoms with E-state index in [2.05, 4.69) is 78.9 Å². The third kappa shape index (κ3) is 2.70. The largest absolute Gasteiger partial charge is 0.269 e. The number of benzene rings is 2. The molecule has 2 atom stereocenters. The van der Waals surface area contributed by atoms with Crippen molar-refractivity contribution in [2.75, 3.05) is 0 Å². The van der Waals surface area contributed by atoms with Crippen LogP contribution >= 0.6 is 8.46 Å². The maximum atomic E-state index is 11.9. The highest BCUT2D eigenvalue weighted by Crippen LogP contribution is 2.52. The molecule has 30 heavy (non-hydrogen) atoms. The Morgan fingerprint density at radius 3 is 2.20 bits per heavy atom. The molecule has 142 valence electrons. The highest BCUT2D eigenvalue weighted by molar-refractivity contribution is 7.34. The van der Waals surface area contributed by atoms with Crippen molar-refractivity contribution in [2.45, 2.75) is 0 Å². The summed E-state index contributed by atoms with van der Waals surface area (Å²) in [5.74, 6) is 0.740. The molecule has 1 nitrogen and oxygen atoms in total. The summed E-state index contributed by atoms with van der Waals surface area (Å²) in [6.45, 7) is 0. The fourth-order valence-electron chi connectivity index (χ4n) is 5.10. The zero-order chi connectivity index (χ0) is 20.1. The lowest BCUT2D eigenvalue weighted by atomic mass is 9.62. The summed E-state index contributed by atoms with van der Waals surface area (Å²) < 4.78 is 11.9. The van der Waals surface area contributed by atoms with Crippen molar-refractivity contribution < 1.29 is 4.57 Å². The molecule has 0 aromatic heterocycles. The third-order valence-corrected chi connectivity index (χ3v) is 6.89. The van der Waals surface area contributed by atoms with Crippen LogP contribution in [0.1, 0.15) is 5.56 Å². The van der Waals surface area contributed by atoms with Crippen LogP contribution in [0.15, 0.2) is 126 Å². The fraction of sp³-hybridized carbons (Fsp3) is 0.0714. The van der Waals surface area contributed by atoms with Crippen molar-refractivity contribution in [3.8, 4) is 11.1 Å². The predicted molar refractivity (Wildman–Crippen MR) is 125 cm³/mol. The zero-order valence-corrected chi connectivity index (χ0v) is 17.2. The van der Waals surface area contributed by atoms with Crippen molar-refractivity contribution in [3.63, 3.8) is 0 Å². The van der Waals surface area contributed by atoms with Crippen molar-refractivity contribution in [1.29, 1.82) is 0 Å². The first-order valence-corrected chi connectivity index (χ1v) is 11.1. The van der Waals surface area contributed by atoms with Crippen LogP contribution in [0.4, 0.5) is 0 Å². The molecule has 6 rings (SSSR count). The van der Waals surface area contributed by atoms with Gasteiger partial charge >= 0.3 is 0 Å². The van der Waals surface area contributed by atoms with Crippen LogP contribution in [0.5, 0.6) is 0 Å². The lowest BCUT2D eigenvalue weighted by molar-refractivity contribution is 0.568. The van der Waals surface area contributed by atoms with Gasteiger partial charge in [-0.05, 0) is 62.8 Å². The average Bonchev–Trinajstić information content (AvgIpc) is 2.82. The van der Waals surface area contributed by atoms with Gasteiger partial charge in [0.1, 0.15) is 0 Å². The summed E-state index contributed by atoms with van der Waals surface area (Å²) in [4.78, 5) is 0. The van der Waals surface area contributed by atoms with Crippen molar-refractivity contribution in [2.24, 2.45) is 11.8 Å². The van der Waals surface area contributed by atoms with Crippen molar-refractivity contribution in [1.82, 2.24) is 0 Å². The van der Waals surface area contributed by atoms with E-state index in [4.69, 9.17) is 0 Å². The van der Waals surface area contributed by atoms with Gasteiger partial charge in [-0.15, -0.1) is 0 Å². The van der Waals surface area contributed by atoms with E-state index in [0.29, 0.717) is 11.8 Å². The van der Waals surface area contributed by atoms with Crippen molar-refractivity contribution in [3.05, 3.63) is 131 Å². The molecule has 0 N–H and O–H groups in total. The molecule has 4 aliphatic rings. The Hall–Kier alpha value is -3.28. The summed E-state index contributed by atoms with van der Waals surface area (Å²) in [7, 11) is 0.0458. The predicted octanol–water partition coefficient (Wildman–Crippen LogP) is 6.76. The average molecular weight is 402 g/mol. The second-order valence-electron chi connectivity index (χ2n) is 8.08. The van der Waals surface area contributed by atoms with Crippen LogP contribution in [0.25, 0.3) is 16.7 Å². The summed E-state index contributed by atoms with van der Waals surface area (Å²) in [5, 5.41) is 0.804. The van der Waals surface area contributed by atoms with E-state index in [0.717, 1.165) is 22.0 Å². The van der Waals surface area contributed by atoms with E-state index < -0.39 is 0 Å². The molecule has 2 heteroatoms. The van der Waals surface area contributed by atoms with Gasteiger partial charge < -0.3 is 0 Å². The zero-order valence-electron chi connectivity index (χ0n) is 16.3. The van der Waals surface area contributed by atoms with Crippen LogP contribution in [0.3, 0.4) is 0 Å². The molecule has 0 saturated heterocycles. The Morgan fingerprint density at radius 1 is 0.667 bits per heavy atom. The third-order valence-electron chi connectivity index (χ3n) is 6.42. The number of rotatable bonds is 3. The molecule has 0 bridgehead atoms. The Labute approximate surface area is 178 Å². The van der Waals surface area contributed by atoms with E-state index in [-0.39, 0.29) is 8.46 Å². The van der Waals surface area contributed by atoms with Gasteiger partial charge in [-0.25, -0.2) is 0 Å². The summed E-state index contributed by atoms with van der Waals surface area (Å²) >= 11 is 0. The molecule has 2 aromatic carbocycles. The molecule has 2 unspecified atom stereocenters. The van der Waals surface area contributed by atoms with E-state index in [1.165, 1.54) is 27.9 Å². The molecule has 0 amide bonds. The quantitative estimate of drug-likeness (QED) is 0.519. The first-order chi connectivity index (χ1) is 14.8. The molecule has 0 heterocycles. The van der Waals surface area contributed by atoms with E-state index in [9.17, 15) is 4.57 Å². The summed E-state index contributed by atoms with van der Waals surface area (Å²) in [6.07, 6.45) is 20.1. The molecule has 0 radical (unpaired) electrons. The molecule has 0 saturated carbocycles. The number of allylic oxidation sites excluding steroid dienone is 14. The van der Waals surface area contributed by atoms with Crippen LogP contribution in [-0.2, 0) is 4.57 Å². The Bertz CT molecular complexity index is 1300. The molecule has 0 spiro atoms. The van der Waals surface area contributed by atoms with Gasteiger partial charge in [0, 0.05) is 17.1 Å².